The molecule has 1 saturated heterocycles. The number of rotatable bonds is 14. The summed E-state index contributed by atoms with van der Waals surface area (Å²) in [6.45, 7) is 3.99. The maximum Gasteiger partial charge on any atom is 0.326 e. The minimum Gasteiger partial charge on any atom is -0.481 e. The van der Waals surface area contributed by atoms with Crippen molar-refractivity contribution in [1.29, 1.82) is 0 Å². The van der Waals surface area contributed by atoms with Gasteiger partial charge in [0, 0.05) is 6.42 Å². The first kappa shape index (κ1) is 27.8. The van der Waals surface area contributed by atoms with E-state index in [1.807, 2.05) is 0 Å². The van der Waals surface area contributed by atoms with Crippen molar-refractivity contribution in [3.63, 3.8) is 0 Å². The third-order valence-electron chi connectivity index (χ3n) is 5.44. The Hall–Kier alpha value is -3.22. The molecule has 7 N–H and O–H groups in total. The highest BCUT2D eigenvalue weighted by Gasteiger charge is 2.34. The summed E-state index contributed by atoms with van der Waals surface area (Å²) < 4.78 is 0. The third kappa shape index (κ3) is 9.43. The van der Waals surface area contributed by atoms with E-state index >= 15 is 0 Å². The first-order chi connectivity index (χ1) is 15.5. The Morgan fingerprint density at radius 3 is 2.09 bits per heavy atom. The zero-order chi connectivity index (χ0) is 25.1. The summed E-state index contributed by atoms with van der Waals surface area (Å²) in [6, 6.07) is -4.71. The van der Waals surface area contributed by atoms with E-state index in [0.717, 1.165) is 6.42 Å². The van der Waals surface area contributed by atoms with Gasteiger partial charge in [0.05, 0.1) is 12.5 Å². The summed E-state index contributed by atoms with van der Waals surface area (Å²) in [5, 5.41) is 37.2. The van der Waals surface area contributed by atoms with Gasteiger partial charge >= 0.3 is 17.9 Å². The van der Waals surface area contributed by atoms with Crippen molar-refractivity contribution in [2.75, 3.05) is 6.54 Å². The molecule has 1 heterocycles. The monoisotopic (exact) mass is 472 g/mol. The summed E-state index contributed by atoms with van der Waals surface area (Å²) in [5.41, 5.74) is 0. The number of carbonyl (C=O) groups is 6. The number of hydrogen-bond acceptors (Lipinski definition) is 7. The van der Waals surface area contributed by atoms with Crippen molar-refractivity contribution in [3.05, 3.63) is 0 Å². The zero-order valence-electron chi connectivity index (χ0n) is 18.6. The second kappa shape index (κ2) is 13.4. The van der Waals surface area contributed by atoms with E-state index < -0.39 is 78.6 Å². The molecule has 0 aromatic rings. The van der Waals surface area contributed by atoms with Crippen molar-refractivity contribution in [2.24, 2.45) is 5.92 Å². The average molecular weight is 472 g/mol. The molecule has 0 spiro atoms. The predicted octanol–water partition coefficient (Wildman–Crippen LogP) is -1.34. The topological polar surface area (TPSA) is 211 Å². The molecule has 33 heavy (non-hydrogen) atoms. The van der Waals surface area contributed by atoms with Gasteiger partial charge in [0.2, 0.25) is 17.7 Å². The van der Waals surface area contributed by atoms with Crippen LogP contribution in [0.2, 0.25) is 0 Å². The van der Waals surface area contributed by atoms with Crippen LogP contribution in [0.4, 0.5) is 0 Å². The molecule has 0 radical (unpaired) electrons. The maximum absolute atomic E-state index is 12.8. The molecule has 13 heteroatoms. The van der Waals surface area contributed by atoms with E-state index in [1.165, 1.54) is 0 Å². The van der Waals surface area contributed by atoms with Crippen LogP contribution in [0.1, 0.15) is 52.4 Å². The second-order valence-electron chi connectivity index (χ2n) is 8.01. The molecule has 1 fully saturated rings. The van der Waals surface area contributed by atoms with Crippen molar-refractivity contribution in [1.82, 2.24) is 21.3 Å². The lowest BCUT2D eigenvalue weighted by Gasteiger charge is -2.27. The molecule has 1 rings (SSSR count). The molecule has 3 amide bonds. The molecule has 5 unspecified atom stereocenters. The normalized spacial score (nSPS) is 18.9. The van der Waals surface area contributed by atoms with Crippen molar-refractivity contribution >= 4 is 35.6 Å². The number of carboxylic acids is 3. The van der Waals surface area contributed by atoms with Gasteiger partial charge in [-0.05, 0) is 31.7 Å². The largest absolute Gasteiger partial charge is 0.481 e. The summed E-state index contributed by atoms with van der Waals surface area (Å²) >= 11 is 0. The van der Waals surface area contributed by atoms with Crippen molar-refractivity contribution in [3.8, 4) is 0 Å². The summed E-state index contributed by atoms with van der Waals surface area (Å²) in [5.74, 6) is -6.75. The first-order valence-corrected chi connectivity index (χ1v) is 10.8. The van der Waals surface area contributed by atoms with Crippen LogP contribution in [0.25, 0.3) is 0 Å². The number of nitrogens with one attached hydrogen (secondary N) is 4. The Bertz CT molecular complexity index is 752. The van der Waals surface area contributed by atoms with E-state index in [4.69, 9.17) is 10.2 Å². The third-order valence-corrected chi connectivity index (χ3v) is 5.44. The van der Waals surface area contributed by atoms with Gasteiger partial charge in [0.15, 0.2) is 0 Å². The Kier molecular flexibility index (Phi) is 11.3. The smallest absolute Gasteiger partial charge is 0.326 e. The van der Waals surface area contributed by atoms with Crippen LogP contribution in [0, 0.1) is 5.92 Å². The van der Waals surface area contributed by atoms with Gasteiger partial charge in [-0.2, -0.15) is 0 Å². The Morgan fingerprint density at radius 2 is 1.61 bits per heavy atom. The molecule has 1 aliphatic rings. The Morgan fingerprint density at radius 1 is 0.939 bits per heavy atom. The fourth-order valence-electron chi connectivity index (χ4n) is 3.31. The maximum atomic E-state index is 12.8. The number of carbonyl (C=O) groups excluding carboxylic acids is 3. The molecule has 186 valence electrons. The Balaban J connectivity index is 2.95. The van der Waals surface area contributed by atoms with E-state index in [-0.39, 0.29) is 6.42 Å². The number of amides is 3. The highest BCUT2D eigenvalue weighted by atomic mass is 16.4. The lowest BCUT2D eigenvalue weighted by Crippen LogP contribution is -2.59. The van der Waals surface area contributed by atoms with Gasteiger partial charge in [-0.25, -0.2) is 4.79 Å². The fraction of sp³-hybridized carbons (Fsp3) is 0.700. The SMILES string of the molecule is CCC(C)C(NC(=O)C(CC(=O)O)NC(=O)C1CCCN1)C(=O)NC(CCC(=O)O)C(=O)O. The number of hydrogen-bond donors (Lipinski definition) is 7. The van der Waals surface area contributed by atoms with Gasteiger partial charge < -0.3 is 36.6 Å². The van der Waals surface area contributed by atoms with E-state index in [1.54, 1.807) is 13.8 Å². The molecule has 0 aliphatic carbocycles. The summed E-state index contributed by atoms with van der Waals surface area (Å²) in [7, 11) is 0. The molecular formula is C20H32N4O9. The molecule has 0 aromatic carbocycles. The molecule has 1 aliphatic heterocycles. The number of aliphatic carboxylic acids is 3. The minimum absolute atomic E-state index is 0.357. The van der Waals surface area contributed by atoms with Gasteiger partial charge in [-0.15, -0.1) is 0 Å². The first-order valence-electron chi connectivity index (χ1n) is 10.8. The highest BCUT2D eigenvalue weighted by molar-refractivity contribution is 5.95. The van der Waals surface area contributed by atoms with Crippen LogP contribution < -0.4 is 21.3 Å². The van der Waals surface area contributed by atoms with Crippen LogP contribution in [0.3, 0.4) is 0 Å². The van der Waals surface area contributed by atoms with Gasteiger partial charge in [-0.3, -0.25) is 24.0 Å². The zero-order valence-corrected chi connectivity index (χ0v) is 18.6. The molecule has 0 bridgehead atoms. The van der Waals surface area contributed by atoms with E-state index in [0.29, 0.717) is 19.4 Å². The van der Waals surface area contributed by atoms with Crippen LogP contribution in [-0.4, -0.2) is 81.7 Å². The highest BCUT2D eigenvalue weighted by Crippen LogP contribution is 2.11. The van der Waals surface area contributed by atoms with Crippen molar-refractivity contribution < 1.29 is 44.1 Å². The van der Waals surface area contributed by atoms with E-state index in [2.05, 4.69) is 21.3 Å². The van der Waals surface area contributed by atoms with Gasteiger partial charge in [0.25, 0.3) is 0 Å². The van der Waals surface area contributed by atoms with Crippen LogP contribution >= 0.6 is 0 Å². The molecule has 5 atom stereocenters. The standard InChI is InChI=1S/C20H32N4O9/c1-3-10(2)16(19(31)22-12(20(32)33)6-7-14(25)26)24-18(30)13(9-15(27)28)23-17(29)11-5-4-8-21-11/h10-13,16,21H,3-9H2,1-2H3,(H,22,31)(H,23,29)(H,24,30)(H,25,26)(H,27,28)(H,32,33). The van der Waals surface area contributed by atoms with E-state index in [9.17, 15) is 33.9 Å². The lowest BCUT2D eigenvalue weighted by atomic mass is 9.97. The summed E-state index contributed by atoms with van der Waals surface area (Å²) in [6.07, 6.45) is 0.153. The number of carboxylic acid groups (broad SMARTS) is 3. The van der Waals surface area contributed by atoms with Crippen molar-refractivity contribution in [2.45, 2.75) is 76.5 Å². The second-order valence-corrected chi connectivity index (χ2v) is 8.01. The van der Waals surface area contributed by atoms with Crippen LogP contribution in [-0.2, 0) is 28.8 Å². The van der Waals surface area contributed by atoms with Gasteiger partial charge in [-0.1, -0.05) is 20.3 Å². The molecule has 0 saturated carbocycles. The molecular weight excluding hydrogens is 440 g/mol. The molecule has 0 aromatic heterocycles. The lowest BCUT2D eigenvalue weighted by molar-refractivity contribution is -0.144. The van der Waals surface area contributed by atoms with Gasteiger partial charge in [0.1, 0.15) is 18.1 Å². The molecule has 13 nitrogen and oxygen atoms in total. The fourth-order valence-corrected chi connectivity index (χ4v) is 3.31. The minimum atomic E-state index is -1.49. The van der Waals surface area contributed by atoms with Crippen LogP contribution in [0.15, 0.2) is 0 Å². The average Bonchev–Trinajstić information content (AvgIpc) is 3.27. The quantitative estimate of drug-likeness (QED) is 0.158. The van der Waals surface area contributed by atoms with Crippen LogP contribution in [0.5, 0.6) is 0 Å². The summed E-state index contributed by atoms with van der Waals surface area (Å²) in [4.78, 5) is 71.3. The Labute approximate surface area is 190 Å². The predicted molar refractivity (Wildman–Crippen MR) is 113 cm³/mol.